The number of amides is 1. The number of anilines is 1. The van der Waals surface area contributed by atoms with Crippen molar-refractivity contribution in [3.63, 3.8) is 0 Å². The molecule has 0 saturated heterocycles. The number of aromatic nitrogens is 3. The molecular formula is C26H26N4O3S. The average Bonchev–Trinajstić information content (AvgIpc) is 3.31. The summed E-state index contributed by atoms with van der Waals surface area (Å²) in [7, 11) is 3.28. The SMILES string of the molecule is CCC(Sc1nc(-c2ccc(OC)cc2)c(-c2ccc(OC)cc2)[nH]1)C(=O)Nc1ccccn1. The molecule has 1 unspecified atom stereocenters. The van der Waals surface area contributed by atoms with E-state index >= 15 is 0 Å². The van der Waals surface area contributed by atoms with Crippen LogP contribution in [0.1, 0.15) is 13.3 Å². The van der Waals surface area contributed by atoms with E-state index in [1.165, 1.54) is 11.8 Å². The van der Waals surface area contributed by atoms with E-state index in [1.54, 1.807) is 26.5 Å². The van der Waals surface area contributed by atoms with Gasteiger partial charge in [-0.1, -0.05) is 24.8 Å². The van der Waals surface area contributed by atoms with Crippen molar-refractivity contribution in [3.8, 4) is 34.0 Å². The van der Waals surface area contributed by atoms with Gasteiger partial charge in [-0.3, -0.25) is 4.79 Å². The van der Waals surface area contributed by atoms with E-state index in [4.69, 9.17) is 14.5 Å². The van der Waals surface area contributed by atoms with Crippen molar-refractivity contribution in [3.05, 3.63) is 72.9 Å². The monoisotopic (exact) mass is 474 g/mol. The van der Waals surface area contributed by atoms with Crippen molar-refractivity contribution in [2.24, 2.45) is 0 Å². The van der Waals surface area contributed by atoms with Crippen molar-refractivity contribution in [2.45, 2.75) is 23.8 Å². The molecule has 0 aliphatic heterocycles. The van der Waals surface area contributed by atoms with Crippen LogP contribution in [0.5, 0.6) is 11.5 Å². The molecule has 1 amide bonds. The molecule has 0 radical (unpaired) electrons. The summed E-state index contributed by atoms with van der Waals surface area (Å²) in [6.07, 6.45) is 2.29. The number of pyridine rings is 1. The molecule has 8 heteroatoms. The largest absolute Gasteiger partial charge is 0.497 e. The zero-order chi connectivity index (χ0) is 23.9. The first-order chi connectivity index (χ1) is 16.6. The molecule has 1 atom stereocenters. The van der Waals surface area contributed by atoms with E-state index in [-0.39, 0.29) is 11.2 Å². The fourth-order valence-electron chi connectivity index (χ4n) is 3.43. The van der Waals surface area contributed by atoms with Crippen LogP contribution in [0, 0.1) is 0 Å². The lowest BCUT2D eigenvalue weighted by atomic mass is 10.0. The standard InChI is InChI=1S/C26H26N4O3S/c1-4-21(25(31)28-22-7-5-6-16-27-22)34-26-29-23(17-8-12-19(32-2)13-9-17)24(30-26)18-10-14-20(33-3)15-11-18/h5-16,21H,4H2,1-3H3,(H,29,30)(H,27,28,31). The summed E-state index contributed by atoms with van der Waals surface area (Å²) in [6, 6.07) is 21.0. The lowest BCUT2D eigenvalue weighted by molar-refractivity contribution is -0.115. The first-order valence-corrected chi connectivity index (χ1v) is 11.8. The molecule has 0 aliphatic rings. The number of imidazole rings is 1. The molecule has 2 N–H and O–H groups in total. The predicted octanol–water partition coefficient (Wildman–Crippen LogP) is 5.67. The first kappa shape index (κ1) is 23.4. The van der Waals surface area contributed by atoms with E-state index in [0.29, 0.717) is 17.4 Å². The predicted molar refractivity (Wildman–Crippen MR) is 135 cm³/mol. The minimum absolute atomic E-state index is 0.111. The van der Waals surface area contributed by atoms with Crippen LogP contribution < -0.4 is 14.8 Å². The van der Waals surface area contributed by atoms with Crippen LogP contribution in [-0.2, 0) is 4.79 Å². The van der Waals surface area contributed by atoms with Gasteiger partial charge in [0.2, 0.25) is 5.91 Å². The number of carbonyl (C=O) groups excluding carboxylic acids is 1. The molecule has 4 aromatic rings. The summed E-state index contributed by atoms with van der Waals surface area (Å²) in [5.74, 6) is 1.97. The highest BCUT2D eigenvalue weighted by Gasteiger charge is 2.22. The van der Waals surface area contributed by atoms with Gasteiger partial charge in [-0.25, -0.2) is 9.97 Å². The minimum atomic E-state index is -0.333. The van der Waals surface area contributed by atoms with E-state index in [0.717, 1.165) is 34.0 Å². The Morgan fingerprint density at radius 3 is 2.18 bits per heavy atom. The first-order valence-electron chi connectivity index (χ1n) is 10.9. The number of methoxy groups -OCH3 is 2. The van der Waals surface area contributed by atoms with Gasteiger partial charge in [0.1, 0.15) is 17.3 Å². The number of rotatable bonds is 9. The normalized spacial score (nSPS) is 11.6. The number of aromatic amines is 1. The van der Waals surface area contributed by atoms with Crippen LogP contribution in [0.25, 0.3) is 22.5 Å². The van der Waals surface area contributed by atoms with Crippen molar-refractivity contribution < 1.29 is 14.3 Å². The Kier molecular flexibility index (Phi) is 7.49. The Balaban J connectivity index is 1.65. The number of H-pyrrole nitrogens is 1. The fourth-order valence-corrected chi connectivity index (χ4v) is 4.34. The minimum Gasteiger partial charge on any atom is -0.497 e. The lowest BCUT2D eigenvalue weighted by Gasteiger charge is -2.12. The number of hydrogen-bond acceptors (Lipinski definition) is 6. The van der Waals surface area contributed by atoms with Gasteiger partial charge < -0.3 is 19.8 Å². The third kappa shape index (κ3) is 5.40. The molecule has 0 fully saturated rings. The molecule has 34 heavy (non-hydrogen) atoms. The molecule has 174 valence electrons. The van der Waals surface area contributed by atoms with E-state index < -0.39 is 0 Å². The van der Waals surface area contributed by atoms with Gasteiger partial charge >= 0.3 is 0 Å². The quantitative estimate of drug-likeness (QED) is 0.304. The average molecular weight is 475 g/mol. The number of nitrogens with zero attached hydrogens (tertiary/aromatic N) is 2. The maximum Gasteiger partial charge on any atom is 0.239 e. The van der Waals surface area contributed by atoms with Crippen LogP contribution in [0.15, 0.2) is 78.1 Å². The number of carbonyl (C=O) groups is 1. The second-order valence-corrected chi connectivity index (χ2v) is 8.63. The van der Waals surface area contributed by atoms with Gasteiger partial charge in [0.05, 0.1) is 30.9 Å². The smallest absolute Gasteiger partial charge is 0.239 e. The maximum absolute atomic E-state index is 12.9. The third-order valence-electron chi connectivity index (χ3n) is 5.26. The number of thioether (sulfide) groups is 1. The number of ether oxygens (including phenoxy) is 2. The molecule has 0 bridgehead atoms. The van der Waals surface area contributed by atoms with Gasteiger partial charge in [0.15, 0.2) is 5.16 Å². The number of benzene rings is 2. The van der Waals surface area contributed by atoms with E-state index in [9.17, 15) is 4.79 Å². The van der Waals surface area contributed by atoms with Crippen molar-refractivity contribution in [1.29, 1.82) is 0 Å². The molecule has 0 spiro atoms. The van der Waals surface area contributed by atoms with Crippen LogP contribution in [0.2, 0.25) is 0 Å². The second kappa shape index (κ2) is 10.9. The number of nitrogens with one attached hydrogen (secondary N) is 2. The molecule has 0 saturated carbocycles. The van der Waals surface area contributed by atoms with Crippen molar-refractivity contribution in [2.75, 3.05) is 19.5 Å². The highest BCUT2D eigenvalue weighted by atomic mass is 32.2. The maximum atomic E-state index is 12.9. The highest BCUT2D eigenvalue weighted by molar-refractivity contribution is 8.00. The Bertz CT molecular complexity index is 1160. The molecule has 7 nitrogen and oxygen atoms in total. The highest BCUT2D eigenvalue weighted by Crippen LogP contribution is 2.35. The Morgan fingerprint density at radius 1 is 0.971 bits per heavy atom. The van der Waals surface area contributed by atoms with Gasteiger partial charge in [-0.2, -0.15) is 0 Å². The summed E-state index contributed by atoms with van der Waals surface area (Å²) in [5.41, 5.74) is 3.59. The van der Waals surface area contributed by atoms with Crippen LogP contribution >= 0.6 is 11.8 Å². The molecule has 2 aromatic heterocycles. The summed E-state index contributed by atoms with van der Waals surface area (Å²) in [4.78, 5) is 25.4. The van der Waals surface area contributed by atoms with Crippen LogP contribution in [0.3, 0.4) is 0 Å². The van der Waals surface area contributed by atoms with Crippen molar-refractivity contribution in [1.82, 2.24) is 15.0 Å². The van der Waals surface area contributed by atoms with Gasteiger partial charge in [-0.15, -0.1) is 0 Å². The van der Waals surface area contributed by atoms with E-state index in [2.05, 4.69) is 15.3 Å². The van der Waals surface area contributed by atoms with Crippen LogP contribution in [0.4, 0.5) is 5.82 Å². The molecule has 2 aromatic carbocycles. The van der Waals surface area contributed by atoms with Gasteiger partial charge in [-0.05, 0) is 67.1 Å². The number of hydrogen-bond donors (Lipinski definition) is 2. The van der Waals surface area contributed by atoms with E-state index in [1.807, 2.05) is 67.6 Å². The Hall–Kier alpha value is -3.78. The summed E-state index contributed by atoms with van der Waals surface area (Å²) < 4.78 is 10.6. The topological polar surface area (TPSA) is 89.1 Å². The summed E-state index contributed by atoms with van der Waals surface area (Å²) >= 11 is 1.40. The fraction of sp³-hybridized carbons (Fsp3) is 0.192. The second-order valence-electron chi connectivity index (χ2n) is 7.44. The van der Waals surface area contributed by atoms with Gasteiger partial charge in [0, 0.05) is 17.3 Å². The summed E-state index contributed by atoms with van der Waals surface area (Å²) in [6.45, 7) is 1.98. The Morgan fingerprint density at radius 2 is 1.62 bits per heavy atom. The molecule has 0 aliphatic carbocycles. The molecule has 4 rings (SSSR count). The Labute approximate surface area is 203 Å². The lowest BCUT2D eigenvalue weighted by Crippen LogP contribution is -2.25. The third-order valence-corrected chi connectivity index (χ3v) is 6.51. The zero-order valence-electron chi connectivity index (χ0n) is 19.2. The zero-order valence-corrected chi connectivity index (χ0v) is 20.1. The van der Waals surface area contributed by atoms with Crippen molar-refractivity contribution >= 4 is 23.5 Å². The summed E-state index contributed by atoms with van der Waals surface area (Å²) in [5, 5.41) is 3.22. The molecular weight excluding hydrogens is 448 g/mol. The van der Waals surface area contributed by atoms with Crippen LogP contribution in [-0.4, -0.2) is 40.3 Å². The van der Waals surface area contributed by atoms with Gasteiger partial charge in [0.25, 0.3) is 0 Å². The molecule has 2 heterocycles.